The van der Waals surface area contributed by atoms with Crippen molar-refractivity contribution in [3.8, 4) is 0 Å². The molecule has 2 atom stereocenters. The van der Waals surface area contributed by atoms with Gasteiger partial charge in [0.15, 0.2) is 22.6 Å². The van der Waals surface area contributed by atoms with Gasteiger partial charge < -0.3 is 5.32 Å². The zero-order valence-electron chi connectivity index (χ0n) is 10.0. The van der Waals surface area contributed by atoms with Crippen molar-refractivity contribution >= 4 is 22.6 Å². The number of nitrogens with one attached hydrogen (secondary N) is 1. The molecule has 2 rings (SSSR count). The third-order valence-electron chi connectivity index (χ3n) is 2.56. The van der Waals surface area contributed by atoms with Crippen LogP contribution in [0.5, 0.6) is 0 Å². The molecule has 0 aliphatic carbocycles. The van der Waals surface area contributed by atoms with Gasteiger partial charge in [0, 0.05) is 23.1 Å². The minimum Gasteiger partial charge on any atom is -0.335 e. The quantitative estimate of drug-likeness (QED) is 0.788. The SMILES string of the molecule is CC1CC(C)SC(Nc2cc(F)c(F)c(F)c2)=N1. The second-order valence-electron chi connectivity index (χ2n) is 4.33. The largest absolute Gasteiger partial charge is 0.335 e. The molecule has 1 N–H and O–H groups in total. The fourth-order valence-electron chi connectivity index (χ4n) is 1.82. The van der Waals surface area contributed by atoms with Gasteiger partial charge in [0.25, 0.3) is 0 Å². The summed E-state index contributed by atoms with van der Waals surface area (Å²) in [6.07, 6.45) is 0.960. The van der Waals surface area contributed by atoms with Crippen molar-refractivity contribution in [1.82, 2.24) is 0 Å². The number of amidine groups is 1. The number of rotatable bonds is 1. The summed E-state index contributed by atoms with van der Waals surface area (Å²) in [5.74, 6) is -3.87. The summed E-state index contributed by atoms with van der Waals surface area (Å²) in [5.41, 5.74) is 0.166. The van der Waals surface area contributed by atoms with Crippen LogP contribution in [0.15, 0.2) is 17.1 Å². The molecule has 0 saturated carbocycles. The molecule has 0 bridgehead atoms. The molecule has 0 amide bonds. The van der Waals surface area contributed by atoms with E-state index < -0.39 is 17.5 Å². The predicted molar refractivity (Wildman–Crippen MR) is 68.5 cm³/mol. The third-order valence-corrected chi connectivity index (χ3v) is 3.58. The van der Waals surface area contributed by atoms with E-state index in [1.54, 1.807) is 0 Å². The highest BCUT2D eigenvalue weighted by Crippen LogP contribution is 2.26. The van der Waals surface area contributed by atoms with Crippen LogP contribution in [0, 0.1) is 17.5 Å². The van der Waals surface area contributed by atoms with Crippen molar-refractivity contribution in [2.45, 2.75) is 31.6 Å². The Morgan fingerprint density at radius 1 is 1.22 bits per heavy atom. The van der Waals surface area contributed by atoms with Gasteiger partial charge >= 0.3 is 0 Å². The van der Waals surface area contributed by atoms with Crippen LogP contribution in [0.2, 0.25) is 0 Å². The van der Waals surface area contributed by atoms with Crippen LogP contribution in [0.1, 0.15) is 20.3 Å². The third kappa shape index (κ3) is 2.98. The number of halogens is 3. The first-order chi connectivity index (χ1) is 8.45. The molecule has 1 aromatic carbocycles. The smallest absolute Gasteiger partial charge is 0.194 e. The zero-order chi connectivity index (χ0) is 13.3. The Morgan fingerprint density at radius 3 is 2.39 bits per heavy atom. The lowest BCUT2D eigenvalue weighted by Crippen LogP contribution is -2.22. The molecule has 0 fully saturated rings. The second kappa shape index (κ2) is 5.22. The summed E-state index contributed by atoms with van der Waals surface area (Å²) in [7, 11) is 0. The molecule has 1 aliphatic rings. The number of thioether (sulfide) groups is 1. The molecule has 0 radical (unpaired) electrons. The fraction of sp³-hybridized carbons (Fsp3) is 0.417. The van der Waals surface area contributed by atoms with E-state index in [9.17, 15) is 13.2 Å². The van der Waals surface area contributed by atoms with E-state index >= 15 is 0 Å². The second-order valence-corrected chi connectivity index (χ2v) is 5.75. The lowest BCUT2D eigenvalue weighted by molar-refractivity contribution is 0.448. The van der Waals surface area contributed by atoms with Crippen molar-refractivity contribution < 1.29 is 13.2 Å². The minimum absolute atomic E-state index is 0.166. The summed E-state index contributed by atoms with van der Waals surface area (Å²) < 4.78 is 38.9. The lowest BCUT2D eigenvalue weighted by atomic mass is 10.2. The molecule has 1 aromatic rings. The van der Waals surface area contributed by atoms with Gasteiger partial charge in [-0.25, -0.2) is 13.2 Å². The van der Waals surface area contributed by atoms with Crippen molar-refractivity contribution in [2.75, 3.05) is 5.32 Å². The summed E-state index contributed by atoms with van der Waals surface area (Å²) >= 11 is 1.50. The van der Waals surface area contributed by atoms with E-state index in [1.807, 2.05) is 6.92 Å². The van der Waals surface area contributed by atoms with Gasteiger partial charge in [0.1, 0.15) is 0 Å². The first-order valence-corrected chi connectivity index (χ1v) is 6.49. The predicted octanol–water partition coefficient (Wildman–Crippen LogP) is 3.79. The number of nitrogens with zero attached hydrogens (tertiary/aromatic N) is 1. The van der Waals surface area contributed by atoms with Crippen molar-refractivity contribution in [1.29, 1.82) is 0 Å². The maximum atomic E-state index is 13.0. The molecule has 98 valence electrons. The lowest BCUT2D eigenvalue weighted by Gasteiger charge is -2.23. The first-order valence-electron chi connectivity index (χ1n) is 5.61. The minimum atomic E-state index is -1.46. The highest BCUT2D eigenvalue weighted by atomic mass is 32.2. The molecule has 1 heterocycles. The van der Waals surface area contributed by atoms with Gasteiger partial charge in [-0.05, 0) is 13.3 Å². The van der Waals surface area contributed by atoms with Gasteiger partial charge in [-0.1, -0.05) is 18.7 Å². The molecule has 0 aromatic heterocycles. The monoisotopic (exact) mass is 274 g/mol. The summed E-state index contributed by atoms with van der Waals surface area (Å²) in [5, 5.41) is 3.80. The topological polar surface area (TPSA) is 24.4 Å². The maximum absolute atomic E-state index is 13.0. The Hall–Kier alpha value is -1.17. The van der Waals surface area contributed by atoms with Crippen LogP contribution in [0.3, 0.4) is 0 Å². The molecule has 2 nitrogen and oxygen atoms in total. The zero-order valence-corrected chi connectivity index (χ0v) is 10.8. The van der Waals surface area contributed by atoms with Crippen LogP contribution in [0.4, 0.5) is 18.9 Å². The van der Waals surface area contributed by atoms with Gasteiger partial charge in [0.05, 0.1) is 6.04 Å². The van der Waals surface area contributed by atoms with E-state index in [4.69, 9.17) is 0 Å². The highest BCUT2D eigenvalue weighted by molar-refractivity contribution is 8.14. The molecular weight excluding hydrogens is 261 g/mol. The Balaban J connectivity index is 2.19. The van der Waals surface area contributed by atoms with Crippen molar-refractivity contribution in [3.05, 3.63) is 29.6 Å². The van der Waals surface area contributed by atoms with Crippen molar-refractivity contribution in [2.24, 2.45) is 4.99 Å². The summed E-state index contributed by atoms with van der Waals surface area (Å²) in [4.78, 5) is 4.34. The Kier molecular flexibility index (Phi) is 3.85. The van der Waals surface area contributed by atoms with E-state index in [1.165, 1.54) is 11.8 Å². The van der Waals surface area contributed by atoms with E-state index in [-0.39, 0.29) is 11.7 Å². The normalized spacial score (nSPS) is 23.7. The van der Waals surface area contributed by atoms with Gasteiger partial charge in [-0.2, -0.15) is 0 Å². The van der Waals surface area contributed by atoms with Gasteiger partial charge in [-0.15, -0.1) is 0 Å². The average molecular weight is 274 g/mol. The van der Waals surface area contributed by atoms with Gasteiger partial charge in [-0.3, -0.25) is 4.99 Å². The Labute approximate surface area is 108 Å². The van der Waals surface area contributed by atoms with E-state index in [0.29, 0.717) is 10.4 Å². The highest BCUT2D eigenvalue weighted by Gasteiger charge is 2.19. The standard InChI is InChI=1S/C12H13F3N2S/c1-6-3-7(2)18-12(16-6)17-8-4-9(13)11(15)10(14)5-8/h4-7H,3H2,1-2H3,(H,16,17). The molecular formula is C12H13F3N2S. The fourth-order valence-corrected chi connectivity index (χ4v) is 2.99. The first kappa shape index (κ1) is 13.3. The number of hydrogen-bond donors (Lipinski definition) is 1. The van der Waals surface area contributed by atoms with Crippen molar-refractivity contribution in [3.63, 3.8) is 0 Å². The molecule has 2 unspecified atom stereocenters. The van der Waals surface area contributed by atoms with E-state index in [0.717, 1.165) is 18.6 Å². The molecule has 0 saturated heterocycles. The van der Waals surface area contributed by atoms with Crippen LogP contribution in [-0.2, 0) is 0 Å². The maximum Gasteiger partial charge on any atom is 0.194 e. The number of aliphatic imine (C=N–C) groups is 1. The van der Waals surface area contributed by atoms with Gasteiger partial charge in [0.2, 0.25) is 0 Å². The Morgan fingerprint density at radius 2 is 1.83 bits per heavy atom. The number of anilines is 1. The van der Waals surface area contributed by atoms with Crippen LogP contribution in [-0.4, -0.2) is 16.5 Å². The van der Waals surface area contributed by atoms with E-state index in [2.05, 4.69) is 17.2 Å². The van der Waals surface area contributed by atoms with Crippen LogP contribution < -0.4 is 5.32 Å². The number of benzene rings is 1. The molecule has 1 aliphatic heterocycles. The summed E-state index contributed by atoms with van der Waals surface area (Å²) in [6.45, 7) is 4.03. The van der Waals surface area contributed by atoms with Crippen LogP contribution in [0.25, 0.3) is 0 Å². The molecule has 0 spiro atoms. The Bertz CT molecular complexity index is 467. The molecule has 6 heteroatoms. The summed E-state index contributed by atoms with van der Waals surface area (Å²) in [6, 6.07) is 2.01. The molecule has 18 heavy (non-hydrogen) atoms. The number of hydrogen-bond acceptors (Lipinski definition) is 3. The average Bonchev–Trinajstić information content (AvgIpc) is 2.24. The van der Waals surface area contributed by atoms with Crippen LogP contribution >= 0.6 is 11.8 Å².